The molecule has 1 atom stereocenters. The second-order valence-electron chi connectivity index (χ2n) is 5.64. The molecule has 7 nitrogen and oxygen atoms in total. The van der Waals surface area contributed by atoms with Crippen LogP contribution in [0, 0.1) is 5.92 Å². The summed E-state index contributed by atoms with van der Waals surface area (Å²) in [5, 5.41) is 10.4. The van der Waals surface area contributed by atoms with Crippen molar-refractivity contribution in [3.8, 4) is 11.5 Å². The molecule has 3 rings (SSSR count). The zero-order valence-electron chi connectivity index (χ0n) is 13.1. The van der Waals surface area contributed by atoms with Gasteiger partial charge < -0.3 is 14.6 Å². The van der Waals surface area contributed by atoms with Crippen molar-refractivity contribution < 1.29 is 14.0 Å². The van der Waals surface area contributed by atoms with Gasteiger partial charge in [-0.05, 0) is 43.2 Å². The predicted octanol–water partition coefficient (Wildman–Crippen LogP) is 2.10. The van der Waals surface area contributed by atoms with E-state index < -0.39 is 0 Å². The van der Waals surface area contributed by atoms with Gasteiger partial charge in [0.05, 0.1) is 5.92 Å². The molecule has 0 aliphatic carbocycles. The van der Waals surface area contributed by atoms with Gasteiger partial charge in [-0.3, -0.25) is 9.59 Å². The molecule has 1 aliphatic rings. The molecule has 1 N–H and O–H groups in total. The number of hydrogen-bond donors (Lipinski definition) is 1. The van der Waals surface area contributed by atoms with Crippen LogP contribution in [-0.4, -0.2) is 40.0 Å². The number of carbonyl (C=O) groups excluding carboxylic acids is 2. The standard InChI is InChI=1S/C17H18N4O3/c1-2-15(22)21-9-3-4-13(10-21)16(23)19-14-7-5-12(6-8-14)17-20-18-11-24-17/h2,5-8,11,13H,1,3-4,9-10H2,(H,19,23)/t13-/m1/s1. The molecule has 0 radical (unpaired) electrons. The number of aromatic nitrogens is 2. The molecule has 1 fully saturated rings. The average Bonchev–Trinajstić information content (AvgIpc) is 3.16. The van der Waals surface area contributed by atoms with E-state index in [1.807, 2.05) is 0 Å². The van der Waals surface area contributed by atoms with Crippen LogP contribution < -0.4 is 5.32 Å². The van der Waals surface area contributed by atoms with Gasteiger partial charge >= 0.3 is 0 Å². The van der Waals surface area contributed by atoms with Crippen LogP contribution in [0.15, 0.2) is 47.7 Å². The minimum absolute atomic E-state index is 0.0814. The highest BCUT2D eigenvalue weighted by Gasteiger charge is 2.27. The van der Waals surface area contributed by atoms with Gasteiger partial charge in [0.1, 0.15) is 0 Å². The topological polar surface area (TPSA) is 88.3 Å². The Balaban J connectivity index is 1.62. The van der Waals surface area contributed by atoms with Crippen molar-refractivity contribution in [3.63, 3.8) is 0 Å². The number of nitrogens with zero attached hydrogens (tertiary/aromatic N) is 3. The van der Waals surface area contributed by atoms with Crippen molar-refractivity contribution in [3.05, 3.63) is 43.3 Å². The van der Waals surface area contributed by atoms with Crippen LogP contribution in [0.25, 0.3) is 11.5 Å². The van der Waals surface area contributed by atoms with Crippen molar-refractivity contribution in [2.24, 2.45) is 5.92 Å². The third-order valence-corrected chi connectivity index (χ3v) is 4.04. The average molecular weight is 326 g/mol. The first-order chi connectivity index (χ1) is 11.7. The third kappa shape index (κ3) is 3.51. The summed E-state index contributed by atoms with van der Waals surface area (Å²) in [6.45, 7) is 4.60. The molecule has 2 aromatic rings. The quantitative estimate of drug-likeness (QED) is 0.869. The van der Waals surface area contributed by atoms with Crippen LogP contribution in [0.4, 0.5) is 5.69 Å². The summed E-state index contributed by atoms with van der Waals surface area (Å²) < 4.78 is 5.13. The van der Waals surface area contributed by atoms with Crippen LogP contribution in [0.1, 0.15) is 12.8 Å². The van der Waals surface area contributed by atoms with Gasteiger partial charge in [-0.2, -0.15) is 0 Å². The summed E-state index contributed by atoms with van der Waals surface area (Å²) in [6.07, 6.45) is 4.14. The van der Waals surface area contributed by atoms with Crippen molar-refractivity contribution >= 4 is 17.5 Å². The van der Waals surface area contributed by atoms with Gasteiger partial charge in [0.2, 0.25) is 24.1 Å². The fraction of sp³-hybridized carbons (Fsp3) is 0.294. The van der Waals surface area contributed by atoms with Crippen molar-refractivity contribution in [1.29, 1.82) is 0 Å². The normalized spacial score (nSPS) is 17.3. The summed E-state index contributed by atoms with van der Waals surface area (Å²) in [4.78, 5) is 25.8. The molecule has 1 aromatic heterocycles. The number of carbonyl (C=O) groups is 2. The second-order valence-corrected chi connectivity index (χ2v) is 5.64. The molecule has 7 heteroatoms. The Kier molecular flexibility index (Phi) is 4.69. The van der Waals surface area contributed by atoms with E-state index in [4.69, 9.17) is 4.42 Å². The largest absolute Gasteiger partial charge is 0.423 e. The van der Waals surface area contributed by atoms with Crippen molar-refractivity contribution in [1.82, 2.24) is 15.1 Å². The van der Waals surface area contributed by atoms with Gasteiger partial charge in [0, 0.05) is 24.3 Å². The summed E-state index contributed by atoms with van der Waals surface area (Å²) in [5.74, 6) is 0.00974. The lowest BCUT2D eigenvalue weighted by Crippen LogP contribution is -2.43. The van der Waals surface area contributed by atoms with E-state index >= 15 is 0 Å². The summed E-state index contributed by atoms with van der Waals surface area (Å²) in [6, 6.07) is 7.18. The van der Waals surface area contributed by atoms with E-state index in [9.17, 15) is 9.59 Å². The number of likely N-dealkylation sites (tertiary alicyclic amines) is 1. The fourth-order valence-corrected chi connectivity index (χ4v) is 2.76. The minimum atomic E-state index is -0.210. The molecule has 124 valence electrons. The lowest BCUT2D eigenvalue weighted by Gasteiger charge is -2.31. The number of anilines is 1. The molecule has 1 aromatic carbocycles. The molecule has 1 aliphatic heterocycles. The van der Waals surface area contributed by atoms with Crippen molar-refractivity contribution in [2.45, 2.75) is 12.8 Å². The summed E-state index contributed by atoms with van der Waals surface area (Å²) in [5.41, 5.74) is 1.47. The van der Waals surface area contributed by atoms with E-state index in [0.29, 0.717) is 24.7 Å². The maximum atomic E-state index is 12.4. The predicted molar refractivity (Wildman–Crippen MR) is 87.9 cm³/mol. The second kappa shape index (κ2) is 7.08. The molecule has 0 bridgehead atoms. The van der Waals surface area contributed by atoms with Crippen LogP contribution in [0.2, 0.25) is 0 Å². The first kappa shape index (κ1) is 15.9. The zero-order valence-corrected chi connectivity index (χ0v) is 13.1. The molecule has 24 heavy (non-hydrogen) atoms. The van der Waals surface area contributed by atoms with Crippen LogP contribution >= 0.6 is 0 Å². The summed E-state index contributed by atoms with van der Waals surface area (Å²) in [7, 11) is 0. The van der Waals surface area contributed by atoms with Crippen molar-refractivity contribution in [2.75, 3.05) is 18.4 Å². The van der Waals surface area contributed by atoms with Gasteiger partial charge in [-0.1, -0.05) is 6.58 Å². The molecular weight excluding hydrogens is 308 g/mol. The third-order valence-electron chi connectivity index (χ3n) is 4.04. The smallest absolute Gasteiger partial charge is 0.247 e. The maximum Gasteiger partial charge on any atom is 0.247 e. The first-order valence-corrected chi connectivity index (χ1v) is 7.76. The number of rotatable bonds is 4. The van der Waals surface area contributed by atoms with E-state index in [-0.39, 0.29) is 17.7 Å². The molecule has 0 spiro atoms. The highest BCUT2D eigenvalue weighted by Crippen LogP contribution is 2.21. The first-order valence-electron chi connectivity index (χ1n) is 7.76. The fourth-order valence-electron chi connectivity index (χ4n) is 2.76. The highest BCUT2D eigenvalue weighted by molar-refractivity contribution is 5.94. The number of hydrogen-bond acceptors (Lipinski definition) is 5. The van der Waals surface area contributed by atoms with Crippen LogP contribution in [0.3, 0.4) is 0 Å². The Hall–Kier alpha value is -2.96. The molecule has 1 saturated heterocycles. The molecular formula is C17H18N4O3. The molecule has 2 amide bonds. The molecule has 2 heterocycles. The van der Waals surface area contributed by atoms with Gasteiger partial charge in [0.25, 0.3) is 0 Å². The number of amides is 2. The Morgan fingerprint density at radius 3 is 2.79 bits per heavy atom. The number of nitrogens with one attached hydrogen (secondary N) is 1. The summed E-state index contributed by atoms with van der Waals surface area (Å²) >= 11 is 0. The van der Waals surface area contributed by atoms with E-state index in [0.717, 1.165) is 18.4 Å². The minimum Gasteiger partial charge on any atom is -0.423 e. The number of benzene rings is 1. The SMILES string of the molecule is C=CC(=O)N1CCC[C@@H](C(=O)Nc2ccc(-c3nnco3)cc2)C1. The highest BCUT2D eigenvalue weighted by atomic mass is 16.4. The van der Waals surface area contributed by atoms with E-state index in [1.54, 1.807) is 29.2 Å². The number of piperidine rings is 1. The Bertz CT molecular complexity index is 725. The zero-order chi connectivity index (χ0) is 16.9. The molecule has 0 unspecified atom stereocenters. The Morgan fingerprint density at radius 2 is 2.12 bits per heavy atom. The van der Waals surface area contributed by atoms with E-state index in [1.165, 1.54) is 12.5 Å². The van der Waals surface area contributed by atoms with E-state index in [2.05, 4.69) is 22.1 Å². The Morgan fingerprint density at radius 1 is 1.33 bits per heavy atom. The lowest BCUT2D eigenvalue weighted by atomic mass is 9.97. The van der Waals surface area contributed by atoms with Crippen LogP contribution in [0.5, 0.6) is 0 Å². The lowest BCUT2D eigenvalue weighted by molar-refractivity contribution is -0.130. The monoisotopic (exact) mass is 326 g/mol. The molecule has 0 saturated carbocycles. The Labute approximate surface area is 139 Å². The maximum absolute atomic E-state index is 12.4. The van der Waals surface area contributed by atoms with Gasteiger partial charge in [-0.15, -0.1) is 10.2 Å². The van der Waals surface area contributed by atoms with Gasteiger partial charge in [0.15, 0.2) is 0 Å². The van der Waals surface area contributed by atoms with Crippen LogP contribution in [-0.2, 0) is 9.59 Å². The van der Waals surface area contributed by atoms with Gasteiger partial charge in [-0.25, -0.2) is 0 Å².